The van der Waals surface area contributed by atoms with Crippen LogP contribution in [0.4, 0.5) is 0 Å². The Morgan fingerprint density at radius 3 is 2.72 bits per heavy atom. The van der Waals surface area contributed by atoms with Crippen LogP contribution in [-0.4, -0.2) is 35.2 Å². The average molecular weight is 244 g/mol. The number of aromatic nitrogens is 1. The molecule has 1 aliphatic heterocycles. The molecule has 3 rings (SSSR count). The van der Waals surface area contributed by atoms with E-state index in [0.29, 0.717) is 24.4 Å². The maximum absolute atomic E-state index is 12.3. The highest BCUT2D eigenvalue weighted by Gasteiger charge is 2.35. The van der Waals surface area contributed by atoms with Crippen LogP contribution in [0.3, 0.4) is 0 Å². The molecule has 4 nitrogen and oxygen atoms in total. The Bertz CT molecular complexity index is 508. The topological polar surface area (TPSA) is 50.3 Å². The summed E-state index contributed by atoms with van der Waals surface area (Å²) in [6.45, 7) is 0.672. The van der Waals surface area contributed by atoms with Gasteiger partial charge in [-0.2, -0.15) is 0 Å². The molecule has 0 N–H and O–H groups in total. The summed E-state index contributed by atoms with van der Waals surface area (Å²) in [4.78, 5) is 29.9. The van der Waals surface area contributed by atoms with Crippen LogP contribution in [-0.2, 0) is 4.79 Å². The summed E-state index contributed by atoms with van der Waals surface area (Å²) in [5, 5.41) is 0. The Kier molecular flexibility index (Phi) is 2.65. The first kappa shape index (κ1) is 11.4. The molecule has 2 aliphatic rings. The molecule has 1 unspecified atom stereocenters. The third-order valence-corrected chi connectivity index (χ3v) is 3.84. The number of rotatable bonds is 3. The van der Waals surface area contributed by atoms with Crippen LogP contribution >= 0.6 is 0 Å². The SMILES string of the molecule is CN1CCC(C(=O)c2cncc(C3CC3)c2)C1=O. The van der Waals surface area contributed by atoms with E-state index in [-0.39, 0.29) is 11.7 Å². The number of nitrogens with zero attached hydrogens (tertiary/aromatic N) is 2. The molecule has 2 heterocycles. The molecule has 94 valence electrons. The zero-order valence-electron chi connectivity index (χ0n) is 10.4. The number of likely N-dealkylation sites (tertiary alicyclic amines) is 1. The summed E-state index contributed by atoms with van der Waals surface area (Å²) >= 11 is 0. The number of hydrogen-bond acceptors (Lipinski definition) is 3. The Labute approximate surface area is 106 Å². The van der Waals surface area contributed by atoms with Crippen molar-refractivity contribution < 1.29 is 9.59 Å². The molecule has 1 aromatic rings. The molecule has 1 saturated carbocycles. The van der Waals surface area contributed by atoms with Crippen molar-refractivity contribution in [2.75, 3.05) is 13.6 Å². The van der Waals surface area contributed by atoms with Gasteiger partial charge in [-0.05, 0) is 36.8 Å². The lowest BCUT2D eigenvalue weighted by molar-refractivity contribution is -0.128. The molecule has 1 amide bonds. The van der Waals surface area contributed by atoms with Crippen molar-refractivity contribution in [2.45, 2.75) is 25.2 Å². The maximum Gasteiger partial charge on any atom is 0.233 e. The van der Waals surface area contributed by atoms with Crippen molar-refractivity contribution in [3.05, 3.63) is 29.6 Å². The lowest BCUT2D eigenvalue weighted by Crippen LogP contribution is -2.27. The minimum absolute atomic E-state index is 0.0585. The van der Waals surface area contributed by atoms with Gasteiger partial charge in [-0.15, -0.1) is 0 Å². The molecule has 2 fully saturated rings. The van der Waals surface area contributed by atoms with E-state index >= 15 is 0 Å². The third kappa shape index (κ3) is 1.92. The highest BCUT2D eigenvalue weighted by atomic mass is 16.2. The third-order valence-electron chi connectivity index (χ3n) is 3.84. The van der Waals surface area contributed by atoms with E-state index < -0.39 is 5.92 Å². The highest BCUT2D eigenvalue weighted by molar-refractivity contribution is 6.10. The van der Waals surface area contributed by atoms with E-state index in [9.17, 15) is 9.59 Å². The summed E-state index contributed by atoms with van der Waals surface area (Å²) in [7, 11) is 1.74. The number of hydrogen-bond donors (Lipinski definition) is 0. The quantitative estimate of drug-likeness (QED) is 0.599. The van der Waals surface area contributed by atoms with Gasteiger partial charge in [0.1, 0.15) is 5.92 Å². The van der Waals surface area contributed by atoms with Crippen LogP contribution in [0.5, 0.6) is 0 Å². The number of Topliss-reactive ketones (excluding diaryl/α,β-unsaturated/α-hetero) is 1. The van der Waals surface area contributed by atoms with E-state index in [1.165, 1.54) is 12.8 Å². The molecule has 0 radical (unpaired) electrons. The fraction of sp³-hybridized carbons (Fsp3) is 0.500. The number of amides is 1. The standard InChI is InChI=1S/C14H16N2O2/c1-16-5-4-12(14(16)18)13(17)11-6-10(7-15-8-11)9-2-3-9/h6-9,12H,2-5H2,1H3. The van der Waals surface area contributed by atoms with Gasteiger partial charge in [0.2, 0.25) is 5.91 Å². The number of carbonyl (C=O) groups is 2. The van der Waals surface area contributed by atoms with Gasteiger partial charge in [0.15, 0.2) is 5.78 Å². The van der Waals surface area contributed by atoms with Crippen LogP contribution in [0.2, 0.25) is 0 Å². The molecule has 18 heavy (non-hydrogen) atoms. The van der Waals surface area contributed by atoms with Gasteiger partial charge in [-0.3, -0.25) is 14.6 Å². The summed E-state index contributed by atoms with van der Waals surface area (Å²) < 4.78 is 0. The fourth-order valence-corrected chi connectivity index (χ4v) is 2.50. The molecule has 1 aromatic heterocycles. The van der Waals surface area contributed by atoms with Crippen molar-refractivity contribution in [2.24, 2.45) is 5.92 Å². The first-order valence-corrected chi connectivity index (χ1v) is 6.41. The molecule has 0 aromatic carbocycles. The normalized spacial score (nSPS) is 23.5. The molecule has 0 spiro atoms. The second-order valence-electron chi connectivity index (χ2n) is 5.25. The first-order chi connectivity index (χ1) is 8.66. The summed E-state index contributed by atoms with van der Waals surface area (Å²) in [5.41, 5.74) is 1.73. The molecular weight excluding hydrogens is 228 g/mol. The molecule has 1 atom stereocenters. The van der Waals surface area contributed by atoms with E-state index in [2.05, 4.69) is 4.98 Å². The monoisotopic (exact) mass is 244 g/mol. The Hall–Kier alpha value is -1.71. The zero-order chi connectivity index (χ0) is 12.7. The van der Waals surface area contributed by atoms with Gasteiger partial charge in [0.25, 0.3) is 0 Å². The minimum Gasteiger partial charge on any atom is -0.345 e. The Balaban J connectivity index is 1.83. The lowest BCUT2D eigenvalue weighted by Gasteiger charge is -2.09. The van der Waals surface area contributed by atoms with Crippen molar-refractivity contribution in [1.82, 2.24) is 9.88 Å². The maximum atomic E-state index is 12.3. The van der Waals surface area contributed by atoms with Gasteiger partial charge in [0.05, 0.1) is 0 Å². The predicted molar refractivity (Wildman–Crippen MR) is 66.3 cm³/mol. The van der Waals surface area contributed by atoms with Crippen LogP contribution in [0.25, 0.3) is 0 Å². The molecule has 1 saturated heterocycles. The molecule has 0 bridgehead atoms. The lowest BCUT2D eigenvalue weighted by atomic mass is 9.96. The first-order valence-electron chi connectivity index (χ1n) is 6.41. The molecule has 4 heteroatoms. The average Bonchev–Trinajstić information content (AvgIpc) is 3.18. The van der Waals surface area contributed by atoms with E-state index in [0.717, 1.165) is 5.56 Å². The summed E-state index contributed by atoms with van der Waals surface area (Å²) in [6, 6.07) is 1.92. The minimum atomic E-state index is -0.494. The van der Waals surface area contributed by atoms with Gasteiger partial charge in [-0.25, -0.2) is 0 Å². The van der Waals surface area contributed by atoms with Crippen molar-refractivity contribution >= 4 is 11.7 Å². The fourth-order valence-electron chi connectivity index (χ4n) is 2.50. The van der Waals surface area contributed by atoms with E-state index in [1.807, 2.05) is 12.3 Å². The second kappa shape index (κ2) is 4.19. The smallest absolute Gasteiger partial charge is 0.233 e. The summed E-state index contributed by atoms with van der Waals surface area (Å²) in [5.74, 6) is -0.0466. The van der Waals surface area contributed by atoms with E-state index in [1.54, 1.807) is 18.1 Å². The van der Waals surface area contributed by atoms with Gasteiger partial charge in [0, 0.05) is 31.5 Å². The number of carbonyl (C=O) groups excluding carboxylic acids is 2. The van der Waals surface area contributed by atoms with Gasteiger partial charge >= 0.3 is 0 Å². The summed E-state index contributed by atoms with van der Waals surface area (Å²) in [6.07, 6.45) is 6.41. The van der Waals surface area contributed by atoms with Crippen LogP contribution in [0.15, 0.2) is 18.5 Å². The predicted octanol–water partition coefficient (Wildman–Crippen LogP) is 1.62. The highest BCUT2D eigenvalue weighted by Crippen LogP contribution is 2.40. The Morgan fingerprint density at radius 2 is 2.11 bits per heavy atom. The van der Waals surface area contributed by atoms with Crippen molar-refractivity contribution in [3.63, 3.8) is 0 Å². The van der Waals surface area contributed by atoms with Crippen LogP contribution in [0.1, 0.15) is 41.1 Å². The van der Waals surface area contributed by atoms with E-state index in [4.69, 9.17) is 0 Å². The van der Waals surface area contributed by atoms with Gasteiger partial charge in [-0.1, -0.05) is 0 Å². The Morgan fingerprint density at radius 1 is 1.33 bits per heavy atom. The van der Waals surface area contributed by atoms with Crippen LogP contribution in [0, 0.1) is 5.92 Å². The van der Waals surface area contributed by atoms with Crippen molar-refractivity contribution in [1.29, 1.82) is 0 Å². The van der Waals surface area contributed by atoms with Crippen LogP contribution < -0.4 is 0 Å². The molecule has 1 aliphatic carbocycles. The number of ketones is 1. The number of pyridine rings is 1. The zero-order valence-corrected chi connectivity index (χ0v) is 10.4. The molecular formula is C14H16N2O2. The van der Waals surface area contributed by atoms with Gasteiger partial charge < -0.3 is 4.90 Å². The van der Waals surface area contributed by atoms with Crippen molar-refractivity contribution in [3.8, 4) is 0 Å². The second-order valence-corrected chi connectivity index (χ2v) is 5.25. The largest absolute Gasteiger partial charge is 0.345 e.